The van der Waals surface area contributed by atoms with E-state index in [-0.39, 0.29) is 12.5 Å². The SMILES string of the molecule is CCNC(=O)c1ccc(NC2CC(N(CC(=O)O)CC3CC3)C2)nc1. The number of amides is 1. The summed E-state index contributed by atoms with van der Waals surface area (Å²) in [5, 5.41) is 15.2. The number of carbonyl (C=O) groups is 2. The van der Waals surface area contributed by atoms with Gasteiger partial charge < -0.3 is 15.7 Å². The van der Waals surface area contributed by atoms with Crippen molar-refractivity contribution >= 4 is 17.7 Å². The fraction of sp³-hybridized carbons (Fsp3) is 0.611. The van der Waals surface area contributed by atoms with Crippen molar-refractivity contribution in [1.29, 1.82) is 0 Å². The predicted octanol–water partition coefficient (Wildman–Crippen LogP) is 1.57. The highest BCUT2D eigenvalue weighted by atomic mass is 16.4. The zero-order chi connectivity index (χ0) is 17.8. The highest BCUT2D eigenvalue weighted by Crippen LogP contribution is 2.34. The van der Waals surface area contributed by atoms with Gasteiger partial charge in [-0.25, -0.2) is 4.98 Å². The fourth-order valence-corrected chi connectivity index (χ4v) is 3.24. The van der Waals surface area contributed by atoms with Gasteiger partial charge in [0.1, 0.15) is 5.82 Å². The topological polar surface area (TPSA) is 94.6 Å². The molecule has 2 aliphatic carbocycles. The Morgan fingerprint density at radius 2 is 2.08 bits per heavy atom. The Hall–Kier alpha value is -2.15. The third-order valence-corrected chi connectivity index (χ3v) is 4.87. The van der Waals surface area contributed by atoms with Gasteiger partial charge in [-0.3, -0.25) is 14.5 Å². The minimum atomic E-state index is -0.750. The Labute approximate surface area is 147 Å². The average Bonchev–Trinajstić information content (AvgIpc) is 3.34. The van der Waals surface area contributed by atoms with E-state index in [1.165, 1.54) is 12.8 Å². The van der Waals surface area contributed by atoms with Crippen LogP contribution in [0.1, 0.15) is 43.0 Å². The van der Waals surface area contributed by atoms with Crippen LogP contribution < -0.4 is 10.6 Å². The molecule has 0 aliphatic heterocycles. The standard InChI is InChI=1S/C18H26N4O3/c1-2-19-18(25)13-5-6-16(20-9-13)21-14-7-15(8-14)22(11-17(23)24)10-12-3-4-12/h5-6,9,12,14-15H,2-4,7-8,10-11H2,1H3,(H,19,25)(H,20,21)(H,23,24). The highest BCUT2D eigenvalue weighted by molar-refractivity contribution is 5.93. The Morgan fingerprint density at radius 1 is 1.32 bits per heavy atom. The third kappa shape index (κ3) is 4.92. The molecule has 136 valence electrons. The lowest BCUT2D eigenvalue weighted by atomic mass is 9.85. The van der Waals surface area contributed by atoms with E-state index in [9.17, 15) is 9.59 Å². The molecule has 0 aromatic carbocycles. The zero-order valence-electron chi connectivity index (χ0n) is 14.6. The minimum Gasteiger partial charge on any atom is -0.480 e. The van der Waals surface area contributed by atoms with Gasteiger partial charge in [0.25, 0.3) is 5.91 Å². The molecule has 3 N–H and O–H groups in total. The lowest BCUT2D eigenvalue weighted by Gasteiger charge is -2.43. The van der Waals surface area contributed by atoms with Crippen LogP contribution in [0.25, 0.3) is 0 Å². The number of carboxylic acids is 1. The van der Waals surface area contributed by atoms with Gasteiger partial charge >= 0.3 is 5.97 Å². The molecule has 3 rings (SSSR count). The van der Waals surface area contributed by atoms with E-state index in [1.54, 1.807) is 12.3 Å². The van der Waals surface area contributed by atoms with Crippen molar-refractivity contribution < 1.29 is 14.7 Å². The Morgan fingerprint density at radius 3 is 2.64 bits per heavy atom. The highest BCUT2D eigenvalue weighted by Gasteiger charge is 2.37. The molecule has 0 saturated heterocycles. The number of carboxylic acid groups (broad SMARTS) is 1. The Kier molecular flexibility index (Phi) is 5.53. The first-order valence-corrected chi connectivity index (χ1v) is 9.01. The summed E-state index contributed by atoms with van der Waals surface area (Å²) in [6.45, 7) is 3.51. The second-order valence-corrected chi connectivity index (χ2v) is 7.02. The molecule has 0 spiro atoms. The Balaban J connectivity index is 1.47. The number of nitrogens with one attached hydrogen (secondary N) is 2. The fourth-order valence-electron chi connectivity index (χ4n) is 3.24. The number of hydrogen-bond acceptors (Lipinski definition) is 5. The van der Waals surface area contributed by atoms with Crippen LogP contribution in [-0.2, 0) is 4.79 Å². The van der Waals surface area contributed by atoms with E-state index in [0.29, 0.717) is 30.1 Å². The van der Waals surface area contributed by atoms with Crippen molar-refractivity contribution in [2.24, 2.45) is 5.92 Å². The molecule has 1 amide bonds. The molecule has 7 nitrogen and oxygen atoms in total. The molecule has 7 heteroatoms. The van der Waals surface area contributed by atoms with Crippen LogP contribution in [0.4, 0.5) is 5.82 Å². The summed E-state index contributed by atoms with van der Waals surface area (Å²) in [6.07, 6.45) is 5.89. The van der Waals surface area contributed by atoms with E-state index >= 15 is 0 Å². The smallest absolute Gasteiger partial charge is 0.317 e. The summed E-state index contributed by atoms with van der Waals surface area (Å²) in [7, 11) is 0. The number of nitrogens with zero attached hydrogens (tertiary/aromatic N) is 2. The zero-order valence-corrected chi connectivity index (χ0v) is 14.6. The van der Waals surface area contributed by atoms with Crippen molar-refractivity contribution in [2.45, 2.75) is 44.7 Å². The van der Waals surface area contributed by atoms with Gasteiger partial charge in [0.2, 0.25) is 0 Å². The van der Waals surface area contributed by atoms with E-state index < -0.39 is 5.97 Å². The Bertz CT molecular complexity index is 609. The second kappa shape index (κ2) is 7.82. The number of aliphatic carboxylic acids is 1. The maximum absolute atomic E-state index is 11.7. The largest absolute Gasteiger partial charge is 0.480 e. The van der Waals surface area contributed by atoms with Gasteiger partial charge in [-0.1, -0.05) is 0 Å². The summed E-state index contributed by atoms with van der Waals surface area (Å²) in [4.78, 5) is 29.2. The first kappa shape index (κ1) is 17.7. The van der Waals surface area contributed by atoms with Crippen molar-refractivity contribution in [2.75, 3.05) is 25.0 Å². The van der Waals surface area contributed by atoms with E-state index in [0.717, 1.165) is 25.2 Å². The molecule has 0 bridgehead atoms. The molecule has 1 heterocycles. The quantitative estimate of drug-likeness (QED) is 0.628. The molecule has 2 fully saturated rings. The first-order chi connectivity index (χ1) is 12.0. The number of aromatic nitrogens is 1. The molecule has 0 radical (unpaired) electrons. The van der Waals surface area contributed by atoms with Crippen LogP contribution in [0.15, 0.2) is 18.3 Å². The number of anilines is 1. The van der Waals surface area contributed by atoms with Gasteiger partial charge in [-0.15, -0.1) is 0 Å². The van der Waals surface area contributed by atoms with Crippen LogP contribution in [0.5, 0.6) is 0 Å². The van der Waals surface area contributed by atoms with Gasteiger partial charge in [0.15, 0.2) is 0 Å². The van der Waals surface area contributed by atoms with Crippen LogP contribution in [0.3, 0.4) is 0 Å². The van der Waals surface area contributed by atoms with E-state index in [2.05, 4.69) is 20.5 Å². The summed E-state index contributed by atoms with van der Waals surface area (Å²) in [5.41, 5.74) is 0.552. The van der Waals surface area contributed by atoms with Gasteiger partial charge in [0, 0.05) is 31.4 Å². The summed E-state index contributed by atoms with van der Waals surface area (Å²) in [5.74, 6) is 0.577. The van der Waals surface area contributed by atoms with E-state index in [4.69, 9.17) is 5.11 Å². The summed E-state index contributed by atoms with van der Waals surface area (Å²) < 4.78 is 0. The molecule has 2 saturated carbocycles. The molecule has 1 aromatic rings. The second-order valence-electron chi connectivity index (χ2n) is 7.02. The molecule has 1 aromatic heterocycles. The van der Waals surface area contributed by atoms with Crippen molar-refractivity contribution in [3.8, 4) is 0 Å². The van der Waals surface area contributed by atoms with Crippen LogP contribution >= 0.6 is 0 Å². The van der Waals surface area contributed by atoms with Gasteiger partial charge in [0.05, 0.1) is 12.1 Å². The van der Waals surface area contributed by atoms with Crippen LogP contribution in [0.2, 0.25) is 0 Å². The predicted molar refractivity (Wildman–Crippen MR) is 94.6 cm³/mol. The molecule has 25 heavy (non-hydrogen) atoms. The molecule has 0 unspecified atom stereocenters. The molecule has 0 atom stereocenters. The van der Waals surface area contributed by atoms with Crippen LogP contribution in [0, 0.1) is 5.92 Å². The summed E-state index contributed by atoms with van der Waals surface area (Å²) >= 11 is 0. The van der Waals surface area contributed by atoms with Crippen molar-refractivity contribution in [1.82, 2.24) is 15.2 Å². The maximum atomic E-state index is 11.7. The first-order valence-electron chi connectivity index (χ1n) is 9.01. The van der Waals surface area contributed by atoms with Crippen molar-refractivity contribution in [3.63, 3.8) is 0 Å². The van der Waals surface area contributed by atoms with Crippen molar-refractivity contribution in [3.05, 3.63) is 23.9 Å². The lowest BCUT2D eigenvalue weighted by molar-refractivity contribution is -0.139. The van der Waals surface area contributed by atoms with E-state index in [1.807, 2.05) is 13.0 Å². The lowest BCUT2D eigenvalue weighted by Crippen LogP contribution is -2.52. The number of pyridine rings is 1. The average molecular weight is 346 g/mol. The number of rotatable bonds is 9. The van der Waals surface area contributed by atoms with Gasteiger partial charge in [-0.05, 0) is 50.7 Å². The molecular formula is C18H26N4O3. The summed E-state index contributed by atoms with van der Waals surface area (Å²) in [6, 6.07) is 4.23. The third-order valence-electron chi connectivity index (χ3n) is 4.87. The minimum absolute atomic E-state index is 0.116. The van der Waals surface area contributed by atoms with Gasteiger partial charge in [-0.2, -0.15) is 0 Å². The molecular weight excluding hydrogens is 320 g/mol. The number of carbonyl (C=O) groups excluding carboxylic acids is 1. The maximum Gasteiger partial charge on any atom is 0.317 e. The normalized spacial score (nSPS) is 22.3. The monoisotopic (exact) mass is 346 g/mol. The number of hydrogen-bond donors (Lipinski definition) is 3. The molecule has 2 aliphatic rings. The van der Waals surface area contributed by atoms with Crippen LogP contribution in [-0.4, -0.2) is 58.6 Å².